The number of hydrogen-bond donors (Lipinski definition) is 1. The van der Waals surface area contributed by atoms with Crippen LogP contribution in [0.15, 0.2) is 11.6 Å². The summed E-state index contributed by atoms with van der Waals surface area (Å²) < 4.78 is 0. The second-order valence-electron chi connectivity index (χ2n) is 12.9. The molecule has 3 saturated carbocycles. The SMILES string of the molecule is CCC(CC[C@@H](C)C1CC[C@H]2[C@@H]3CC=C4C[C@H](O)CC[C@]4(C)[C@H]3CC[C@]12C)C(C)C. The molecule has 2 unspecified atom stereocenters. The van der Waals surface area contributed by atoms with E-state index in [-0.39, 0.29) is 6.10 Å². The van der Waals surface area contributed by atoms with Crippen molar-refractivity contribution in [2.45, 2.75) is 118 Å². The lowest BCUT2D eigenvalue weighted by atomic mass is 9.47. The minimum absolute atomic E-state index is 0.0794. The first-order valence-electron chi connectivity index (χ1n) is 13.6. The maximum absolute atomic E-state index is 10.2. The molecule has 0 heterocycles. The number of aliphatic hydroxyl groups is 1. The molecule has 0 saturated heterocycles. The summed E-state index contributed by atoms with van der Waals surface area (Å²) in [6, 6.07) is 0. The van der Waals surface area contributed by atoms with E-state index in [0.717, 1.165) is 54.3 Å². The van der Waals surface area contributed by atoms with Crippen LogP contribution < -0.4 is 0 Å². The van der Waals surface area contributed by atoms with Crippen LogP contribution in [0.5, 0.6) is 0 Å². The standard InChI is InChI=1S/C29H50O/c1-7-21(19(2)3)9-8-20(4)25-12-13-26-24-11-10-22-18-23(30)14-16-28(22,5)27(24)15-17-29(25,26)6/h10,19-21,23-27,30H,7-9,11-18H2,1-6H3/t20-,21?,23-,24+,25?,26+,27+,28+,29-/m1/s1. The van der Waals surface area contributed by atoms with Gasteiger partial charge in [0.25, 0.3) is 0 Å². The van der Waals surface area contributed by atoms with Crippen molar-refractivity contribution in [3.63, 3.8) is 0 Å². The molecular formula is C29H50O. The van der Waals surface area contributed by atoms with Crippen LogP contribution in [0.25, 0.3) is 0 Å². The molecule has 4 rings (SSSR count). The first-order valence-corrected chi connectivity index (χ1v) is 13.6. The Bertz CT molecular complexity index is 634. The molecule has 4 aliphatic rings. The fraction of sp³-hybridized carbons (Fsp3) is 0.931. The minimum atomic E-state index is -0.0794. The number of hydrogen-bond acceptors (Lipinski definition) is 1. The summed E-state index contributed by atoms with van der Waals surface area (Å²) in [5.74, 6) is 6.31. The molecule has 0 amide bonds. The normalized spacial score (nSPS) is 45.3. The number of aliphatic hydroxyl groups excluding tert-OH is 1. The zero-order valence-corrected chi connectivity index (χ0v) is 20.9. The van der Waals surface area contributed by atoms with E-state index >= 15 is 0 Å². The summed E-state index contributed by atoms with van der Waals surface area (Å²) in [4.78, 5) is 0. The zero-order chi connectivity index (χ0) is 21.7. The first kappa shape index (κ1) is 22.9. The highest BCUT2D eigenvalue weighted by atomic mass is 16.3. The van der Waals surface area contributed by atoms with E-state index in [2.05, 4.69) is 47.6 Å². The minimum Gasteiger partial charge on any atom is -0.393 e. The second-order valence-corrected chi connectivity index (χ2v) is 12.9. The van der Waals surface area contributed by atoms with Crippen molar-refractivity contribution >= 4 is 0 Å². The lowest BCUT2D eigenvalue weighted by Gasteiger charge is -2.58. The van der Waals surface area contributed by atoms with E-state index in [4.69, 9.17) is 0 Å². The first-order chi connectivity index (χ1) is 14.2. The molecular weight excluding hydrogens is 364 g/mol. The van der Waals surface area contributed by atoms with Crippen LogP contribution in [-0.4, -0.2) is 11.2 Å². The van der Waals surface area contributed by atoms with Crippen molar-refractivity contribution in [1.29, 1.82) is 0 Å². The number of fused-ring (bicyclic) bond motifs is 5. The van der Waals surface area contributed by atoms with Gasteiger partial charge in [-0.1, -0.05) is 66.0 Å². The molecule has 0 spiro atoms. The lowest BCUT2D eigenvalue weighted by Crippen LogP contribution is -2.50. The molecule has 1 N–H and O–H groups in total. The van der Waals surface area contributed by atoms with Crippen molar-refractivity contribution in [1.82, 2.24) is 0 Å². The maximum Gasteiger partial charge on any atom is 0.0577 e. The van der Waals surface area contributed by atoms with E-state index in [1.54, 1.807) is 5.57 Å². The molecule has 4 aliphatic carbocycles. The lowest BCUT2D eigenvalue weighted by molar-refractivity contribution is -0.0575. The monoisotopic (exact) mass is 414 g/mol. The van der Waals surface area contributed by atoms with Gasteiger partial charge in [-0.05, 0) is 110 Å². The third-order valence-corrected chi connectivity index (χ3v) is 11.3. The summed E-state index contributed by atoms with van der Waals surface area (Å²) >= 11 is 0. The fourth-order valence-corrected chi connectivity index (χ4v) is 9.30. The molecule has 3 fully saturated rings. The average Bonchev–Trinajstić information content (AvgIpc) is 3.06. The highest BCUT2D eigenvalue weighted by molar-refractivity contribution is 5.25. The van der Waals surface area contributed by atoms with Gasteiger partial charge in [0.1, 0.15) is 0 Å². The third kappa shape index (κ3) is 3.74. The molecule has 30 heavy (non-hydrogen) atoms. The van der Waals surface area contributed by atoms with Crippen LogP contribution in [0.3, 0.4) is 0 Å². The maximum atomic E-state index is 10.2. The summed E-state index contributed by atoms with van der Waals surface area (Å²) in [6.45, 7) is 15.1. The summed E-state index contributed by atoms with van der Waals surface area (Å²) in [7, 11) is 0. The van der Waals surface area contributed by atoms with Gasteiger partial charge in [0.2, 0.25) is 0 Å². The topological polar surface area (TPSA) is 20.2 Å². The van der Waals surface area contributed by atoms with Crippen molar-refractivity contribution in [2.24, 2.45) is 52.3 Å². The highest BCUT2D eigenvalue weighted by Gasteiger charge is 2.59. The van der Waals surface area contributed by atoms with Gasteiger partial charge in [0.05, 0.1) is 6.10 Å². The predicted octanol–water partition coefficient (Wildman–Crippen LogP) is 8.02. The molecule has 0 aromatic carbocycles. The largest absolute Gasteiger partial charge is 0.393 e. The van der Waals surface area contributed by atoms with Gasteiger partial charge in [0.15, 0.2) is 0 Å². The second kappa shape index (κ2) is 8.57. The molecule has 1 nitrogen and oxygen atoms in total. The van der Waals surface area contributed by atoms with Gasteiger partial charge in [-0.25, -0.2) is 0 Å². The molecule has 1 heteroatoms. The Balaban J connectivity index is 1.47. The summed E-state index contributed by atoms with van der Waals surface area (Å²) in [5.41, 5.74) is 2.59. The Kier molecular flexibility index (Phi) is 6.53. The number of allylic oxidation sites excluding steroid dienone is 1. The molecule has 172 valence electrons. The van der Waals surface area contributed by atoms with E-state index in [1.165, 1.54) is 57.8 Å². The van der Waals surface area contributed by atoms with Crippen LogP contribution in [0, 0.1) is 52.3 Å². The van der Waals surface area contributed by atoms with Gasteiger partial charge in [0, 0.05) is 0 Å². The Labute approximate surface area is 187 Å². The van der Waals surface area contributed by atoms with E-state index in [0.29, 0.717) is 10.8 Å². The number of rotatable bonds is 6. The summed E-state index contributed by atoms with van der Waals surface area (Å²) in [6.07, 6.45) is 17.1. The van der Waals surface area contributed by atoms with Crippen LogP contribution in [-0.2, 0) is 0 Å². The predicted molar refractivity (Wildman–Crippen MR) is 128 cm³/mol. The third-order valence-electron chi connectivity index (χ3n) is 11.3. The van der Waals surface area contributed by atoms with E-state index in [9.17, 15) is 5.11 Å². The van der Waals surface area contributed by atoms with Crippen LogP contribution >= 0.6 is 0 Å². The Hall–Kier alpha value is -0.300. The molecule has 0 aliphatic heterocycles. The average molecular weight is 415 g/mol. The Morgan fingerprint density at radius 1 is 1.00 bits per heavy atom. The Morgan fingerprint density at radius 3 is 2.47 bits per heavy atom. The smallest absolute Gasteiger partial charge is 0.0577 e. The van der Waals surface area contributed by atoms with Crippen molar-refractivity contribution in [3.05, 3.63) is 11.6 Å². The molecule has 0 aromatic heterocycles. The van der Waals surface area contributed by atoms with Crippen LogP contribution in [0.4, 0.5) is 0 Å². The fourth-order valence-electron chi connectivity index (χ4n) is 9.30. The summed E-state index contributed by atoms with van der Waals surface area (Å²) in [5, 5.41) is 10.2. The van der Waals surface area contributed by atoms with Gasteiger partial charge in [-0.2, -0.15) is 0 Å². The molecule has 9 atom stereocenters. The van der Waals surface area contributed by atoms with Crippen molar-refractivity contribution in [2.75, 3.05) is 0 Å². The van der Waals surface area contributed by atoms with Crippen LogP contribution in [0.2, 0.25) is 0 Å². The van der Waals surface area contributed by atoms with E-state index < -0.39 is 0 Å². The molecule has 0 radical (unpaired) electrons. The highest BCUT2D eigenvalue weighted by Crippen LogP contribution is 2.67. The molecule has 0 aromatic rings. The quantitative estimate of drug-likeness (QED) is 0.436. The molecule has 0 bridgehead atoms. The van der Waals surface area contributed by atoms with Crippen molar-refractivity contribution < 1.29 is 5.11 Å². The Morgan fingerprint density at radius 2 is 1.77 bits per heavy atom. The van der Waals surface area contributed by atoms with Gasteiger partial charge in [-0.3, -0.25) is 0 Å². The van der Waals surface area contributed by atoms with E-state index in [1.807, 2.05) is 0 Å². The zero-order valence-electron chi connectivity index (χ0n) is 20.9. The van der Waals surface area contributed by atoms with Gasteiger partial charge < -0.3 is 5.11 Å². The van der Waals surface area contributed by atoms with Gasteiger partial charge in [-0.15, -0.1) is 0 Å². The van der Waals surface area contributed by atoms with Crippen LogP contribution in [0.1, 0.15) is 112 Å². The van der Waals surface area contributed by atoms with Crippen molar-refractivity contribution in [3.8, 4) is 0 Å². The van der Waals surface area contributed by atoms with Gasteiger partial charge >= 0.3 is 0 Å².